The van der Waals surface area contributed by atoms with Crippen LogP contribution in [0.4, 0.5) is 4.39 Å². The molecule has 0 spiro atoms. The van der Waals surface area contributed by atoms with E-state index in [0.717, 1.165) is 19.4 Å². The topological polar surface area (TPSA) is 21.3 Å². The van der Waals surface area contributed by atoms with Gasteiger partial charge in [0.25, 0.3) is 0 Å². The molecule has 0 radical (unpaired) electrons. The monoisotopic (exact) mass is 287 g/mol. The highest BCUT2D eigenvalue weighted by Crippen LogP contribution is 2.22. The maximum absolute atomic E-state index is 13.1. The summed E-state index contributed by atoms with van der Waals surface area (Å²) in [6.07, 6.45) is 2.04. The molecule has 0 saturated carbocycles. The molecular weight excluding hydrogens is 265 g/mol. The fourth-order valence-corrected chi connectivity index (χ4v) is 1.86. The van der Waals surface area contributed by atoms with Crippen molar-refractivity contribution in [1.29, 1.82) is 0 Å². The molecule has 0 saturated heterocycles. The first-order chi connectivity index (χ1) is 8.81. The lowest BCUT2D eigenvalue weighted by Gasteiger charge is -2.26. The van der Waals surface area contributed by atoms with E-state index in [1.807, 2.05) is 0 Å². The zero-order valence-corrected chi connectivity index (χ0v) is 12.9. The Morgan fingerprint density at radius 1 is 1.37 bits per heavy atom. The van der Waals surface area contributed by atoms with Gasteiger partial charge in [0.1, 0.15) is 17.7 Å². The second-order valence-electron chi connectivity index (χ2n) is 5.74. The van der Waals surface area contributed by atoms with E-state index in [1.54, 1.807) is 6.07 Å². The first-order valence-corrected chi connectivity index (χ1v) is 7.06. The van der Waals surface area contributed by atoms with Crippen molar-refractivity contribution in [3.05, 3.63) is 29.0 Å². The molecule has 2 nitrogen and oxygen atoms in total. The van der Waals surface area contributed by atoms with Gasteiger partial charge < -0.3 is 10.1 Å². The van der Waals surface area contributed by atoms with Crippen LogP contribution in [0.3, 0.4) is 0 Å². The van der Waals surface area contributed by atoms with Crippen LogP contribution in [0.5, 0.6) is 5.75 Å². The number of hydrogen-bond acceptors (Lipinski definition) is 2. The van der Waals surface area contributed by atoms with E-state index in [-0.39, 0.29) is 16.7 Å². The summed E-state index contributed by atoms with van der Waals surface area (Å²) in [4.78, 5) is 0. The van der Waals surface area contributed by atoms with E-state index in [0.29, 0.717) is 5.75 Å². The minimum absolute atomic E-state index is 0.0514. The number of halogens is 2. The van der Waals surface area contributed by atoms with Crippen molar-refractivity contribution in [2.24, 2.45) is 0 Å². The summed E-state index contributed by atoms with van der Waals surface area (Å²) < 4.78 is 19.0. The van der Waals surface area contributed by atoms with Crippen LogP contribution in [0.15, 0.2) is 18.2 Å². The Labute approximate surface area is 120 Å². The van der Waals surface area contributed by atoms with Gasteiger partial charge in [0.2, 0.25) is 0 Å². The number of rotatable bonds is 6. The molecule has 1 N–H and O–H groups in total. The molecule has 1 aromatic rings. The molecule has 0 fully saturated rings. The van der Waals surface area contributed by atoms with Crippen LogP contribution in [0.25, 0.3) is 0 Å². The number of benzene rings is 1. The Hall–Kier alpha value is -0.800. The van der Waals surface area contributed by atoms with Gasteiger partial charge in [-0.05, 0) is 39.3 Å². The van der Waals surface area contributed by atoms with Crippen molar-refractivity contribution in [1.82, 2.24) is 5.32 Å². The molecule has 0 aliphatic heterocycles. The molecule has 0 aliphatic rings. The highest BCUT2D eigenvalue weighted by Gasteiger charge is 2.15. The molecule has 0 heterocycles. The van der Waals surface area contributed by atoms with E-state index in [2.05, 4.69) is 33.0 Å². The van der Waals surface area contributed by atoms with Crippen molar-refractivity contribution in [2.45, 2.75) is 52.2 Å². The number of ether oxygens (including phenoxy) is 1. The summed E-state index contributed by atoms with van der Waals surface area (Å²) in [6.45, 7) is 9.22. The van der Waals surface area contributed by atoms with Crippen LogP contribution in [0.2, 0.25) is 5.02 Å². The molecule has 4 heteroatoms. The summed E-state index contributed by atoms with van der Waals surface area (Å²) in [5.74, 6) is 0.189. The molecule has 0 amide bonds. The molecule has 1 rings (SSSR count). The summed E-state index contributed by atoms with van der Waals surface area (Å²) in [5.41, 5.74) is 0.0514. The molecule has 0 aromatic heterocycles. The molecule has 19 heavy (non-hydrogen) atoms. The molecular formula is C15H23ClFNO. The molecule has 108 valence electrons. The van der Waals surface area contributed by atoms with Gasteiger partial charge in [0.05, 0.1) is 5.02 Å². The van der Waals surface area contributed by atoms with Crippen molar-refractivity contribution in [3.8, 4) is 5.75 Å². The van der Waals surface area contributed by atoms with Crippen LogP contribution in [-0.2, 0) is 0 Å². The highest BCUT2D eigenvalue weighted by molar-refractivity contribution is 6.30. The molecule has 1 unspecified atom stereocenters. The van der Waals surface area contributed by atoms with E-state index in [4.69, 9.17) is 16.3 Å². The SMILES string of the molecule is CCCC(CNC(C)(C)C)Oc1ccc(F)c(Cl)c1. The third kappa shape index (κ3) is 6.26. The Morgan fingerprint density at radius 3 is 2.58 bits per heavy atom. The Morgan fingerprint density at radius 2 is 2.05 bits per heavy atom. The smallest absolute Gasteiger partial charge is 0.142 e. The molecule has 0 aliphatic carbocycles. The van der Waals surface area contributed by atoms with Crippen molar-refractivity contribution < 1.29 is 9.13 Å². The van der Waals surface area contributed by atoms with Gasteiger partial charge in [-0.3, -0.25) is 0 Å². The van der Waals surface area contributed by atoms with Crippen molar-refractivity contribution in [2.75, 3.05) is 6.54 Å². The van der Waals surface area contributed by atoms with E-state index < -0.39 is 5.82 Å². The van der Waals surface area contributed by atoms with Gasteiger partial charge >= 0.3 is 0 Å². The lowest BCUT2D eigenvalue weighted by atomic mass is 10.1. The summed E-state index contributed by atoms with van der Waals surface area (Å²) in [6, 6.07) is 4.47. The van der Waals surface area contributed by atoms with E-state index in [9.17, 15) is 4.39 Å². The third-order valence-corrected chi connectivity index (χ3v) is 2.95. The first kappa shape index (κ1) is 16.3. The minimum Gasteiger partial charge on any atom is -0.489 e. The van der Waals surface area contributed by atoms with Gasteiger partial charge in [0, 0.05) is 18.2 Å². The van der Waals surface area contributed by atoms with Crippen LogP contribution in [0, 0.1) is 5.82 Å². The average Bonchev–Trinajstić information content (AvgIpc) is 2.30. The molecule has 0 bridgehead atoms. The quantitative estimate of drug-likeness (QED) is 0.836. The Bertz CT molecular complexity index is 404. The van der Waals surface area contributed by atoms with Gasteiger partial charge in [-0.1, -0.05) is 24.9 Å². The first-order valence-electron chi connectivity index (χ1n) is 6.68. The summed E-state index contributed by atoms with van der Waals surface area (Å²) in [5, 5.41) is 3.51. The number of nitrogens with one attached hydrogen (secondary N) is 1. The maximum Gasteiger partial charge on any atom is 0.142 e. The fourth-order valence-electron chi connectivity index (χ4n) is 1.69. The van der Waals surface area contributed by atoms with E-state index >= 15 is 0 Å². The lowest BCUT2D eigenvalue weighted by molar-refractivity contribution is 0.175. The zero-order chi connectivity index (χ0) is 14.5. The van der Waals surface area contributed by atoms with Crippen LogP contribution in [0.1, 0.15) is 40.5 Å². The normalized spacial score (nSPS) is 13.4. The van der Waals surface area contributed by atoms with Gasteiger partial charge in [-0.15, -0.1) is 0 Å². The summed E-state index contributed by atoms with van der Waals surface area (Å²) >= 11 is 5.75. The standard InChI is InChI=1S/C15H23ClFNO/c1-5-6-12(10-18-15(2,3)4)19-11-7-8-14(17)13(16)9-11/h7-9,12,18H,5-6,10H2,1-4H3. The second kappa shape index (κ2) is 7.11. The highest BCUT2D eigenvalue weighted by atomic mass is 35.5. The van der Waals surface area contributed by atoms with Crippen LogP contribution >= 0.6 is 11.6 Å². The van der Waals surface area contributed by atoms with Crippen LogP contribution < -0.4 is 10.1 Å². The zero-order valence-electron chi connectivity index (χ0n) is 12.1. The van der Waals surface area contributed by atoms with Crippen molar-refractivity contribution in [3.63, 3.8) is 0 Å². The largest absolute Gasteiger partial charge is 0.489 e. The predicted molar refractivity (Wildman–Crippen MR) is 78.5 cm³/mol. The lowest BCUT2D eigenvalue weighted by Crippen LogP contribution is -2.42. The predicted octanol–water partition coefficient (Wildman–Crippen LogP) is 4.41. The molecule has 1 atom stereocenters. The summed E-state index contributed by atoms with van der Waals surface area (Å²) in [7, 11) is 0. The minimum atomic E-state index is -0.422. The number of hydrogen-bond donors (Lipinski definition) is 1. The van der Waals surface area contributed by atoms with Gasteiger partial charge in [-0.2, -0.15) is 0 Å². The van der Waals surface area contributed by atoms with Gasteiger partial charge in [0.15, 0.2) is 0 Å². The Kier molecular flexibility index (Phi) is 6.08. The maximum atomic E-state index is 13.1. The average molecular weight is 288 g/mol. The second-order valence-corrected chi connectivity index (χ2v) is 6.14. The van der Waals surface area contributed by atoms with Gasteiger partial charge in [-0.25, -0.2) is 4.39 Å². The van der Waals surface area contributed by atoms with E-state index in [1.165, 1.54) is 12.1 Å². The molecule has 1 aromatic carbocycles. The third-order valence-electron chi connectivity index (χ3n) is 2.66. The van der Waals surface area contributed by atoms with Crippen LogP contribution in [-0.4, -0.2) is 18.2 Å². The Balaban J connectivity index is 2.64. The van der Waals surface area contributed by atoms with Crippen molar-refractivity contribution >= 4 is 11.6 Å². The fraction of sp³-hybridized carbons (Fsp3) is 0.600.